The molecular formula is C18H21N7O3S. The number of carbonyl (C=O) groups excluding carboxylic acids is 1. The number of thioether (sulfide) groups is 1. The molecule has 10 nitrogen and oxygen atoms in total. The molecule has 0 atom stereocenters. The molecule has 29 heavy (non-hydrogen) atoms. The first kappa shape index (κ1) is 20.4. The number of rotatable bonds is 7. The van der Waals surface area contributed by atoms with Crippen LogP contribution in [-0.2, 0) is 18.4 Å². The molecule has 3 rings (SSSR count). The lowest BCUT2D eigenvalue weighted by Crippen LogP contribution is -2.41. The minimum Gasteiger partial charge on any atom is -0.383 e. The number of nitrogens with zero attached hydrogens (tertiary/aromatic N) is 5. The van der Waals surface area contributed by atoms with Crippen LogP contribution < -0.4 is 21.9 Å². The van der Waals surface area contributed by atoms with Crippen molar-refractivity contribution in [3.05, 3.63) is 63.1 Å². The number of nitrogen functional groups attached to an aromatic ring is 1. The van der Waals surface area contributed by atoms with Gasteiger partial charge in [0.25, 0.3) is 5.56 Å². The second-order valence-electron chi connectivity index (χ2n) is 6.22. The summed E-state index contributed by atoms with van der Waals surface area (Å²) in [5.74, 6) is -0.346. The summed E-state index contributed by atoms with van der Waals surface area (Å²) in [6, 6.07) is 9.23. The monoisotopic (exact) mass is 415 g/mol. The third-order valence-electron chi connectivity index (χ3n) is 4.28. The Balaban J connectivity index is 1.91. The molecule has 152 valence electrons. The van der Waals surface area contributed by atoms with E-state index < -0.39 is 11.2 Å². The number of H-pyrrole nitrogens is 1. The van der Waals surface area contributed by atoms with E-state index >= 15 is 0 Å². The Labute approximate surface area is 170 Å². The molecule has 0 fully saturated rings. The zero-order valence-corrected chi connectivity index (χ0v) is 16.8. The molecule has 2 aromatic heterocycles. The molecule has 1 aromatic carbocycles. The summed E-state index contributed by atoms with van der Waals surface area (Å²) in [7, 11) is 1.77. The van der Waals surface area contributed by atoms with Crippen LogP contribution in [0.5, 0.6) is 0 Å². The van der Waals surface area contributed by atoms with E-state index in [1.807, 2.05) is 30.3 Å². The molecule has 3 aromatic rings. The SMILES string of the molecule is CCN(C(=O)CSc1nncn1C)c1c(N)n(Cc2ccccc2)c(=O)[nH]c1=O. The van der Waals surface area contributed by atoms with Crippen molar-refractivity contribution in [3.8, 4) is 0 Å². The number of benzene rings is 1. The fourth-order valence-corrected chi connectivity index (χ4v) is 3.59. The van der Waals surface area contributed by atoms with Crippen LogP contribution in [0.25, 0.3) is 0 Å². The minimum atomic E-state index is -0.698. The molecular weight excluding hydrogens is 394 g/mol. The van der Waals surface area contributed by atoms with Crippen LogP contribution in [0.1, 0.15) is 12.5 Å². The van der Waals surface area contributed by atoms with E-state index in [1.165, 1.54) is 27.6 Å². The molecule has 0 radical (unpaired) electrons. The highest BCUT2D eigenvalue weighted by atomic mass is 32.2. The van der Waals surface area contributed by atoms with Crippen LogP contribution in [0.2, 0.25) is 0 Å². The topological polar surface area (TPSA) is 132 Å². The number of aromatic nitrogens is 5. The summed E-state index contributed by atoms with van der Waals surface area (Å²) < 4.78 is 2.94. The molecule has 2 heterocycles. The van der Waals surface area contributed by atoms with E-state index in [1.54, 1.807) is 18.5 Å². The Hall–Kier alpha value is -3.34. The third-order valence-corrected chi connectivity index (χ3v) is 5.30. The van der Waals surface area contributed by atoms with Crippen LogP contribution in [0.3, 0.4) is 0 Å². The molecule has 11 heteroatoms. The predicted molar refractivity (Wildman–Crippen MR) is 111 cm³/mol. The maximum Gasteiger partial charge on any atom is 0.330 e. The smallest absolute Gasteiger partial charge is 0.330 e. The first-order valence-electron chi connectivity index (χ1n) is 8.86. The molecule has 0 aliphatic carbocycles. The Morgan fingerprint density at radius 3 is 2.62 bits per heavy atom. The van der Waals surface area contributed by atoms with Crippen molar-refractivity contribution < 1.29 is 4.79 Å². The van der Waals surface area contributed by atoms with Crippen LogP contribution >= 0.6 is 11.8 Å². The van der Waals surface area contributed by atoms with E-state index in [0.717, 1.165) is 5.56 Å². The quantitative estimate of drug-likeness (QED) is 0.535. The van der Waals surface area contributed by atoms with Gasteiger partial charge in [-0.25, -0.2) is 4.79 Å². The molecule has 0 saturated carbocycles. The molecule has 0 bridgehead atoms. The van der Waals surface area contributed by atoms with Crippen molar-refractivity contribution in [1.29, 1.82) is 0 Å². The zero-order valence-electron chi connectivity index (χ0n) is 16.0. The van der Waals surface area contributed by atoms with Crippen LogP contribution in [0.15, 0.2) is 51.4 Å². The van der Waals surface area contributed by atoms with Gasteiger partial charge in [-0.15, -0.1) is 10.2 Å². The Bertz CT molecular complexity index is 1120. The van der Waals surface area contributed by atoms with Crippen LogP contribution in [0, 0.1) is 0 Å². The van der Waals surface area contributed by atoms with Gasteiger partial charge in [0, 0.05) is 13.6 Å². The first-order chi connectivity index (χ1) is 13.9. The highest BCUT2D eigenvalue weighted by Gasteiger charge is 2.23. The van der Waals surface area contributed by atoms with E-state index in [0.29, 0.717) is 5.16 Å². The standard InChI is InChI=1S/C18H21N7O3S/c1-3-24(13(26)10-29-18-22-20-11-23(18)2)14-15(19)25(17(28)21-16(14)27)9-12-7-5-4-6-8-12/h4-8,11H,3,9-10,19H2,1-2H3,(H,21,27,28). The zero-order chi connectivity index (χ0) is 21.0. The van der Waals surface area contributed by atoms with E-state index in [-0.39, 0.29) is 36.3 Å². The van der Waals surface area contributed by atoms with E-state index in [2.05, 4.69) is 15.2 Å². The maximum atomic E-state index is 12.8. The highest BCUT2D eigenvalue weighted by molar-refractivity contribution is 7.99. The van der Waals surface area contributed by atoms with Gasteiger partial charge in [0.1, 0.15) is 12.1 Å². The summed E-state index contributed by atoms with van der Waals surface area (Å²) in [4.78, 5) is 41.1. The van der Waals surface area contributed by atoms with Gasteiger partial charge in [-0.05, 0) is 12.5 Å². The Morgan fingerprint density at radius 1 is 1.28 bits per heavy atom. The lowest BCUT2D eigenvalue weighted by Gasteiger charge is -2.23. The van der Waals surface area contributed by atoms with Crippen molar-refractivity contribution >= 4 is 29.2 Å². The highest BCUT2D eigenvalue weighted by Crippen LogP contribution is 2.20. The Morgan fingerprint density at radius 2 is 2.00 bits per heavy atom. The van der Waals surface area contributed by atoms with Crippen molar-refractivity contribution in [3.63, 3.8) is 0 Å². The van der Waals surface area contributed by atoms with Gasteiger partial charge >= 0.3 is 5.69 Å². The largest absolute Gasteiger partial charge is 0.383 e. The molecule has 0 aliphatic rings. The second kappa shape index (κ2) is 8.78. The fourth-order valence-electron chi connectivity index (χ4n) is 2.83. The maximum absolute atomic E-state index is 12.8. The van der Waals surface area contributed by atoms with Gasteiger partial charge in [0.15, 0.2) is 10.8 Å². The number of aromatic amines is 1. The molecule has 0 aliphatic heterocycles. The molecule has 1 amide bonds. The van der Waals surface area contributed by atoms with E-state index in [4.69, 9.17) is 5.73 Å². The average molecular weight is 415 g/mol. The molecule has 0 unspecified atom stereocenters. The van der Waals surface area contributed by atoms with Gasteiger partial charge in [0.2, 0.25) is 5.91 Å². The number of amides is 1. The van der Waals surface area contributed by atoms with Gasteiger partial charge in [-0.3, -0.25) is 19.1 Å². The van der Waals surface area contributed by atoms with Crippen LogP contribution in [-0.4, -0.2) is 42.5 Å². The second-order valence-corrected chi connectivity index (χ2v) is 7.16. The number of carbonyl (C=O) groups is 1. The first-order valence-corrected chi connectivity index (χ1v) is 9.84. The number of aryl methyl sites for hydroxylation is 1. The third kappa shape index (κ3) is 4.40. The number of nitrogens with one attached hydrogen (secondary N) is 1. The van der Waals surface area contributed by atoms with Gasteiger partial charge in [-0.2, -0.15) is 0 Å². The lowest BCUT2D eigenvalue weighted by molar-refractivity contribution is -0.116. The lowest BCUT2D eigenvalue weighted by atomic mass is 10.2. The van der Waals surface area contributed by atoms with E-state index in [9.17, 15) is 14.4 Å². The van der Waals surface area contributed by atoms with Crippen molar-refractivity contribution in [2.24, 2.45) is 7.05 Å². The minimum absolute atomic E-state index is 0.0356. The fraction of sp³-hybridized carbons (Fsp3) is 0.278. The Kier molecular flexibility index (Phi) is 6.17. The average Bonchev–Trinajstić information content (AvgIpc) is 3.12. The summed E-state index contributed by atoms with van der Waals surface area (Å²) >= 11 is 1.20. The van der Waals surface area contributed by atoms with Gasteiger partial charge in [0.05, 0.1) is 12.3 Å². The molecule has 3 N–H and O–H groups in total. The molecule has 0 saturated heterocycles. The molecule has 0 spiro atoms. The summed E-state index contributed by atoms with van der Waals surface area (Å²) in [6.07, 6.45) is 1.53. The van der Waals surface area contributed by atoms with Gasteiger partial charge < -0.3 is 15.2 Å². The number of hydrogen-bond donors (Lipinski definition) is 2. The number of anilines is 2. The van der Waals surface area contributed by atoms with Crippen LogP contribution in [0.4, 0.5) is 11.5 Å². The summed E-state index contributed by atoms with van der Waals surface area (Å²) in [5.41, 5.74) is 5.66. The number of hydrogen-bond acceptors (Lipinski definition) is 7. The van der Waals surface area contributed by atoms with Crippen molar-refractivity contribution in [2.75, 3.05) is 22.9 Å². The number of nitrogens with two attached hydrogens (primary N) is 1. The summed E-state index contributed by atoms with van der Waals surface area (Å²) in [6.45, 7) is 2.13. The van der Waals surface area contributed by atoms with Crippen molar-refractivity contribution in [1.82, 2.24) is 24.3 Å². The predicted octanol–water partition coefficient (Wildman–Crippen LogP) is 0.441. The summed E-state index contributed by atoms with van der Waals surface area (Å²) in [5, 5.41) is 8.26. The van der Waals surface area contributed by atoms with Crippen molar-refractivity contribution in [2.45, 2.75) is 18.6 Å². The van der Waals surface area contributed by atoms with Gasteiger partial charge in [-0.1, -0.05) is 42.1 Å². The normalized spacial score (nSPS) is 10.8.